The molecule has 0 atom stereocenters. The largest absolute Gasteiger partial charge is 0.497 e. The molecule has 1 heterocycles. The Kier molecular flexibility index (Phi) is 4.58. The summed E-state index contributed by atoms with van der Waals surface area (Å²) < 4.78 is 5.08. The predicted octanol–water partition coefficient (Wildman–Crippen LogP) is 3.07. The van der Waals surface area contributed by atoms with E-state index in [0.29, 0.717) is 5.56 Å². The lowest BCUT2D eigenvalue weighted by atomic mass is 10.2. The highest BCUT2D eigenvalue weighted by molar-refractivity contribution is 7.09. The Bertz CT molecular complexity index is 520. The minimum absolute atomic E-state index is 0.0409. The van der Waals surface area contributed by atoms with Crippen molar-refractivity contribution in [2.24, 2.45) is 0 Å². The van der Waals surface area contributed by atoms with Gasteiger partial charge in [-0.2, -0.15) is 0 Å². The van der Waals surface area contributed by atoms with E-state index in [1.54, 1.807) is 47.6 Å². The van der Waals surface area contributed by atoms with Crippen molar-refractivity contribution in [1.82, 2.24) is 4.90 Å². The predicted molar refractivity (Wildman–Crippen MR) is 78.0 cm³/mol. The van der Waals surface area contributed by atoms with Crippen LogP contribution in [0.15, 0.2) is 41.8 Å². The summed E-state index contributed by atoms with van der Waals surface area (Å²) in [5.74, 6) is 0.803. The van der Waals surface area contributed by atoms with Crippen LogP contribution in [0.4, 0.5) is 0 Å². The first-order valence-electron chi connectivity index (χ1n) is 6.12. The second-order valence-electron chi connectivity index (χ2n) is 4.28. The van der Waals surface area contributed by atoms with Gasteiger partial charge in [0.25, 0.3) is 5.91 Å². The summed E-state index contributed by atoms with van der Waals surface area (Å²) in [6.07, 6.45) is 0.899. The molecule has 2 aromatic rings. The van der Waals surface area contributed by atoms with E-state index in [4.69, 9.17) is 4.74 Å². The topological polar surface area (TPSA) is 29.5 Å². The van der Waals surface area contributed by atoms with Crippen molar-refractivity contribution in [2.75, 3.05) is 20.7 Å². The number of thiophene rings is 1. The second-order valence-corrected chi connectivity index (χ2v) is 5.32. The van der Waals surface area contributed by atoms with E-state index in [0.717, 1.165) is 18.7 Å². The molecule has 0 fully saturated rings. The highest BCUT2D eigenvalue weighted by Crippen LogP contribution is 2.14. The van der Waals surface area contributed by atoms with Crippen molar-refractivity contribution < 1.29 is 9.53 Å². The maximum atomic E-state index is 12.2. The number of amides is 1. The van der Waals surface area contributed by atoms with Crippen molar-refractivity contribution in [1.29, 1.82) is 0 Å². The molecule has 100 valence electrons. The summed E-state index contributed by atoms with van der Waals surface area (Å²) >= 11 is 1.72. The Morgan fingerprint density at radius 1 is 1.26 bits per heavy atom. The Morgan fingerprint density at radius 3 is 2.58 bits per heavy atom. The van der Waals surface area contributed by atoms with Crippen LogP contribution in [0.5, 0.6) is 5.75 Å². The summed E-state index contributed by atoms with van der Waals surface area (Å²) in [4.78, 5) is 15.2. The quantitative estimate of drug-likeness (QED) is 0.839. The first kappa shape index (κ1) is 13.6. The van der Waals surface area contributed by atoms with E-state index < -0.39 is 0 Å². The van der Waals surface area contributed by atoms with E-state index >= 15 is 0 Å². The van der Waals surface area contributed by atoms with Gasteiger partial charge in [0, 0.05) is 24.0 Å². The average molecular weight is 275 g/mol. The summed E-state index contributed by atoms with van der Waals surface area (Å²) in [5.41, 5.74) is 0.689. The van der Waals surface area contributed by atoms with Crippen molar-refractivity contribution in [3.05, 3.63) is 52.2 Å². The maximum Gasteiger partial charge on any atom is 0.253 e. The molecule has 1 aromatic carbocycles. The monoisotopic (exact) mass is 275 g/mol. The molecule has 4 heteroatoms. The zero-order chi connectivity index (χ0) is 13.7. The fourth-order valence-corrected chi connectivity index (χ4v) is 2.49. The minimum Gasteiger partial charge on any atom is -0.497 e. The van der Waals surface area contributed by atoms with Crippen LogP contribution in [0.2, 0.25) is 0 Å². The molecule has 0 bridgehead atoms. The summed E-state index contributed by atoms with van der Waals surface area (Å²) in [6.45, 7) is 0.728. The lowest BCUT2D eigenvalue weighted by Crippen LogP contribution is -2.28. The number of nitrogens with zero attached hydrogens (tertiary/aromatic N) is 1. The molecule has 0 N–H and O–H groups in total. The number of ether oxygens (including phenoxy) is 1. The number of hydrogen-bond acceptors (Lipinski definition) is 3. The van der Waals surface area contributed by atoms with Crippen molar-refractivity contribution in [2.45, 2.75) is 6.42 Å². The third-order valence-electron chi connectivity index (χ3n) is 2.96. The summed E-state index contributed by atoms with van der Waals surface area (Å²) in [6, 6.07) is 11.3. The molecule has 0 unspecified atom stereocenters. The van der Waals surface area contributed by atoms with Crippen LogP contribution in [0.25, 0.3) is 0 Å². The van der Waals surface area contributed by atoms with Crippen molar-refractivity contribution in [3.63, 3.8) is 0 Å². The van der Waals surface area contributed by atoms with E-state index in [2.05, 4.69) is 11.4 Å². The van der Waals surface area contributed by atoms with Gasteiger partial charge < -0.3 is 9.64 Å². The van der Waals surface area contributed by atoms with Gasteiger partial charge in [-0.3, -0.25) is 4.79 Å². The molecule has 0 aliphatic rings. The van der Waals surface area contributed by atoms with E-state index in [-0.39, 0.29) is 5.91 Å². The molecular weight excluding hydrogens is 258 g/mol. The molecule has 1 amide bonds. The van der Waals surface area contributed by atoms with Crippen LogP contribution in [0.3, 0.4) is 0 Å². The number of likely N-dealkylation sites (N-methyl/N-ethyl adjacent to an activating group) is 1. The fourth-order valence-electron chi connectivity index (χ4n) is 1.79. The molecule has 0 aliphatic carbocycles. The average Bonchev–Trinajstić information content (AvgIpc) is 2.97. The molecule has 0 aliphatic heterocycles. The van der Waals surface area contributed by atoms with Crippen LogP contribution in [-0.2, 0) is 6.42 Å². The Morgan fingerprint density at radius 2 is 2.00 bits per heavy atom. The van der Waals surface area contributed by atoms with Crippen LogP contribution in [0, 0.1) is 0 Å². The normalized spacial score (nSPS) is 10.2. The van der Waals surface area contributed by atoms with Crippen LogP contribution in [0.1, 0.15) is 15.2 Å². The van der Waals surface area contributed by atoms with Gasteiger partial charge in [0.05, 0.1) is 7.11 Å². The van der Waals surface area contributed by atoms with Gasteiger partial charge in [-0.05, 0) is 42.1 Å². The van der Waals surface area contributed by atoms with Gasteiger partial charge in [-0.15, -0.1) is 11.3 Å². The van der Waals surface area contributed by atoms with Gasteiger partial charge in [-0.1, -0.05) is 6.07 Å². The molecular formula is C15H17NO2S. The van der Waals surface area contributed by atoms with Gasteiger partial charge in [0.1, 0.15) is 5.75 Å². The first-order chi connectivity index (χ1) is 9.20. The molecule has 0 saturated carbocycles. The molecule has 3 nitrogen and oxygen atoms in total. The number of carbonyl (C=O) groups is 1. The summed E-state index contributed by atoms with van der Waals surface area (Å²) in [5, 5.41) is 2.06. The Balaban J connectivity index is 1.94. The highest BCUT2D eigenvalue weighted by Gasteiger charge is 2.11. The third-order valence-corrected chi connectivity index (χ3v) is 3.89. The minimum atomic E-state index is 0.0409. The van der Waals surface area contributed by atoms with E-state index in [9.17, 15) is 4.79 Å². The number of hydrogen-bond donors (Lipinski definition) is 0. The molecule has 0 saturated heterocycles. The number of carbonyl (C=O) groups excluding carboxylic acids is 1. The van der Waals surface area contributed by atoms with Crippen LogP contribution in [-0.4, -0.2) is 31.5 Å². The zero-order valence-corrected chi connectivity index (χ0v) is 11.9. The van der Waals surface area contributed by atoms with Crippen LogP contribution < -0.4 is 4.74 Å². The second kappa shape index (κ2) is 6.38. The van der Waals surface area contributed by atoms with E-state index in [1.807, 2.05) is 13.1 Å². The number of benzene rings is 1. The SMILES string of the molecule is COc1ccc(C(=O)N(C)CCc2cccs2)cc1. The standard InChI is InChI=1S/C15H17NO2S/c1-16(10-9-14-4-3-11-19-14)15(17)12-5-7-13(18-2)8-6-12/h3-8,11H,9-10H2,1-2H3. The molecule has 0 spiro atoms. The fraction of sp³-hybridized carbons (Fsp3) is 0.267. The van der Waals surface area contributed by atoms with E-state index in [1.165, 1.54) is 4.88 Å². The van der Waals surface area contributed by atoms with Crippen molar-refractivity contribution >= 4 is 17.2 Å². The van der Waals surface area contributed by atoms with Gasteiger partial charge >= 0.3 is 0 Å². The van der Waals surface area contributed by atoms with Gasteiger partial charge in [0.15, 0.2) is 0 Å². The highest BCUT2D eigenvalue weighted by atomic mass is 32.1. The van der Waals surface area contributed by atoms with Gasteiger partial charge in [-0.25, -0.2) is 0 Å². The molecule has 0 radical (unpaired) electrons. The smallest absolute Gasteiger partial charge is 0.253 e. The third kappa shape index (κ3) is 3.58. The van der Waals surface area contributed by atoms with Crippen LogP contribution >= 0.6 is 11.3 Å². The lowest BCUT2D eigenvalue weighted by molar-refractivity contribution is 0.0797. The van der Waals surface area contributed by atoms with Crippen molar-refractivity contribution in [3.8, 4) is 5.75 Å². The first-order valence-corrected chi connectivity index (χ1v) is 7.00. The molecule has 19 heavy (non-hydrogen) atoms. The number of methoxy groups -OCH3 is 1. The molecule has 2 rings (SSSR count). The molecule has 1 aromatic heterocycles. The Hall–Kier alpha value is -1.81. The zero-order valence-electron chi connectivity index (χ0n) is 11.1. The number of rotatable bonds is 5. The van der Waals surface area contributed by atoms with Gasteiger partial charge in [0.2, 0.25) is 0 Å². The Labute approximate surface area is 117 Å². The maximum absolute atomic E-state index is 12.2. The summed E-state index contributed by atoms with van der Waals surface area (Å²) in [7, 11) is 3.45. The lowest BCUT2D eigenvalue weighted by Gasteiger charge is -2.16.